The van der Waals surface area contributed by atoms with Crippen LogP contribution in [0.4, 0.5) is 0 Å². The first-order valence-corrected chi connectivity index (χ1v) is 11.4. The molecule has 8 heteroatoms. The zero-order valence-corrected chi connectivity index (χ0v) is 17.5. The molecule has 0 radical (unpaired) electrons. The van der Waals surface area contributed by atoms with Crippen molar-refractivity contribution < 1.29 is 18.6 Å². The molecule has 27 heavy (non-hydrogen) atoms. The minimum absolute atomic E-state index is 0.126. The summed E-state index contributed by atoms with van der Waals surface area (Å²) in [7, 11) is 0. The van der Waals surface area contributed by atoms with Crippen molar-refractivity contribution in [2.24, 2.45) is 5.92 Å². The summed E-state index contributed by atoms with van der Waals surface area (Å²) in [6.07, 6.45) is 0.397. The van der Waals surface area contributed by atoms with E-state index in [1.54, 1.807) is 24.3 Å². The van der Waals surface area contributed by atoms with Gasteiger partial charge in [-0.2, -0.15) is 0 Å². The molecule has 2 aromatic carbocycles. The Morgan fingerprint density at radius 2 is 1.74 bits per heavy atom. The monoisotopic (exact) mass is 429 g/mol. The predicted molar refractivity (Wildman–Crippen MR) is 108 cm³/mol. The summed E-state index contributed by atoms with van der Waals surface area (Å²) in [5, 5.41) is 3.13. The second-order valence-corrected chi connectivity index (χ2v) is 9.60. The van der Waals surface area contributed by atoms with E-state index in [2.05, 4.69) is 5.09 Å². The zero-order chi connectivity index (χ0) is 19.9. The number of hydrogen-bond acceptors (Lipinski definition) is 4. The largest absolute Gasteiger partial charge is 0.460 e. The molecule has 0 saturated heterocycles. The molecule has 0 spiro atoms. The number of carbonyl (C=O) groups is 1. The molecule has 0 fully saturated rings. The van der Waals surface area contributed by atoms with Crippen LogP contribution in [0.5, 0.6) is 5.75 Å². The highest BCUT2D eigenvalue weighted by Crippen LogP contribution is 2.49. The fourth-order valence-electron chi connectivity index (χ4n) is 2.35. The Kier molecular flexibility index (Phi) is 8.18. The normalized spacial score (nSPS) is 14.4. The van der Waals surface area contributed by atoms with E-state index in [1.165, 1.54) is 0 Å². The highest BCUT2D eigenvalue weighted by atomic mass is 35.7. The van der Waals surface area contributed by atoms with Gasteiger partial charge in [-0.3, -0.25) is 4.79 Å². The van der Waals surface area contributed by atoms with Crippen LogP contribution in [0.1, 0.15) is 25.8 Å². The third-order valence-corrected chi connectivity index (χ3v) is 5.38. The molecule has 0 aliphatic carbocycles. The minimum Gasteiger partial charge on any atom is -0.460 e. The van der Waals surface area contributed by atoms with Gasteiger partial charge in [0.05, 0.1) is 0 Å². The molecular formula is C19H22Cl2NO4P. The van der Waals surface area contributed by atoms with Crippen LogP contribution >= 0.6 is 29.7 Å². The van der Waals surface area contributed by atoms with Gasteiger partial charge in [-0.1, -0.05) is 55.8 Å². The zero-order valence-electron chi connectivity index (χ0n) is 15.1. The highest BCUT2D eigenvalue weighted by molar-refractivity contribution is 7.84. The first-order chi connectivity index (χ1) is 12.7. The lowest BCUT2D eigenvalue weighted by molar-refractivity contribution is -0.147. The summed E-state index contributed by atoms with van der Waals surface area (Å²) < 4.78 is 23.3. The molecule has 0 heterocycles. The van der Waals surface area contributed by atoms with Gasteiger partial charge in [0.15, 0.2) is 0 Å². The standard InChI is InChI=1S/C19H22Cl2NO4P/c1-14(2)12-18(19(23)25-13-15-6-4-3-5-7-15)22-27(21,24)26-17-10-8-16(20)9-11-17/h3-11,14,18H,12-13H2,1-2H3,(H,22,24)/t18-,27?/m0/s1. The van der Waals surface area contributed by atoms with Crippen LogP contribution in [-0.2, 0) is 20.7 Å². The number of ether oxygens (including phenoxy) is 1. The summed E-state index contributed by atoms with van der Waals surface area (Å²) in [6, 6.07) is 14.7. The summed E-state index contributed by atoms with van der Waals surface area (Å²) in [5.41, 5.74) is 0.862. The number of rotatable bonds is 9. The van der Waals surface area contributed by atoms with E-state index < -0.39 is 18.9 Å². The van der Waals surface area contributed by atoms with E-state index in [-0.39, 0.29) is 18.3 Å². The molecule has 5 nitrogen and oxygen atoms in total. The molecule has 1 unspecified atom stereocenters. The van der Waals surface area contributed by atoms with Crippen LogP contribution in [0, 0.1) is 5.92 Å². The maximum absolute atomic E-state index is 12.6. The molecular weight excluding hydrogens is 408 g/mol. The summed E-state index contributed by atoms with van der Waals surface area (Å²) in [6.45, 7) is 0.198. The van der Waals surface area contributed by atoms with E-state index in [4.69, 9.17) is 32.1 Å². The fraction of sp³-hybridized carbons (Fsp3) is 0.316. The average molecular weight is 430 g/mol. The maximum atomic E-state index is 12.6. The predicted octanol–water partition coefficient (Wildman–Crippen LogP) is 5.81. The van der Waals surface area contributed by atoms with Crippen molar-refractivity contribution in [2.75, 3.05) is 0 Å². The Balaban J connectivity index is 2.01. The molecule has 0 aliphatic heterocycles. The number of esters is 1. The number of benzene rings is 2. The van der Waals surface area contributed by atoms with Crippen molar-refractivity contribution >= 4 is 35.7 Å². The number of hydrogen-bond donors (Lipinski definition) is 1. The van der Waals surface area contributed by atoms with Crippen molar-refractivity contribution in [3.63, 3.8) is 0 Å². The van der Waals surface area contributed by atoms with Crippen LogP contribution in [0.25, 0.3) is 0 Å². The quantitative estimate of drug-likeness (QED) is 0.402. The van der Waals surface area contributed by atoms with Crippen LogP contribution < -0.4 is 9.61 Å². The van der Waals surface area contributed by atoms with Crippen molar-refractivity contribution in [2.45, 2.75) is 32.9 Å². The third kappa shape index (κ3) is 7.94. The molecule has 0 aromatic heterocycles. The van der Waals surface area contributed by atoms with E-state index >= 15 is 0 Å². The number of carbonyl (C=O) groups excluding carboxylic acids is 1. The lowest BCUT2D eigenvalue weighted by Gasteiger charge is -2.22. The fourth-order valence-corrected chi connectivity index (χ4v) is 4.09. The minimum atomic E-state index is -3.81. The van der Waals surface area contributed by atoms with E-state index in [0.717, 1.165) is 5.56 Å². The van der Waals surface area contributed by atoms with Crippen molar-refractivity contribution in [3.05, 3.63) is 65.2 Å². The first-order valence-electron chi connectivity index (χ1n) is 8.48. The molecule has 0 saturated carbocycles. The molecule has 0 aliphatic rings. The number of nitrogens with one attached hydrogen (secondary N) is 1. The van der Waals surface area contributed by atoms with Gasteiger partial charge in [0, 0.05) is 16.3 Å². The Bertz CT molecular complexity index is 784. The SMILES string of the molecule is CC(C)C[C@H](NP(=O)(Cl)Oc1ccc(Cl)cc1)C(=O)OCc1ccccc1. The molecule has 1 N–H and O–H groups in total. The summed E-state index contributed by atoms with van der Waals surface area (Å²) >= 11 is 11.8. The van der Waals surface area contributed by atoms with Gasteiger partial charge in [-0.05, 0) is 42.2 Å². The van der Waals surface area contributed by atoms with Crippen LogP contribution in [-0.4, -0.2) is 12.0 Å². The Morgan fingerprint density at radius 3 is 2.33 bits per heavy atom. The van der Waals surface area contributed by atoms with Crippen LogP contribution in [0.15, 0.2) is 54.6 Å². The smallest absolute Gasteiger partial charge is 0.409 e. The van der Waals surface area contributed by atoms with E-state index in [9.17, 15) is 9.36 Å². The molecule has 2 atom stereocenters. The number of halogens is 2. The van der Waals surface area contributed by atoms with Crippen molar-refractivity contribution in [1.82, 2.24) is 5.09 Å². The lowest BCUT2D eigenvalue weighted by atomic mass is 10.1. The lowest BCUT2D eigenvalue weighted by Crippen LogP contribution is -2.37. The second kappa shape index (κ2) is 10.1. The van der Waals surface area contributed by atoms with Crippen LogP contribution in [0.2, 0.25) is 5.02 Å². The van der Waals surface area contributed by atoms with Gasteiger partial charge in [-0.25, -0.2) is 9.65 Å². The Hall–Kier alpha value is -1.52. The Labute approximate surface area is 169 Å². The van der Waals surface area contributed by atoms with Gasteiger partial charge in [0.25, 0.3) is 0 Å². The summed E-state index contributed by atoms with van der Waals surface area (Å²) in [4.78, 5) is 12.5. The van der Waals surface area contributed by atoms with Gasteiger partial charge in [-0.15, -0.1) is 0 Å². The van der Waals surface area contributed by atoms with Gasteiger partial charge in [0.2, 0.25) is 0 Å². The van der Waals surface area contributed by atoms with Gasteiger partial charge >= 0.3 is 12.8 Å². The first kappa shape index (κ1) is 21.8. The molecule has 0 amide bonds. The van der Waals surface area contributed by atoms with E-state index in [0.29, 0.717) is 11.4 Å². The highest BCUT2D eigenvalue weighted by Gasteiger charge is 2.31. The molecule has 2 aromatic rings. The average Bonchev–Trinajstić information content (AvgIpc) is 2.61. The summed E-state index contributed by atoms with van der Waals surface area (Å²) in [5.74, 6) is -0.0988. The molecule has 2 rings (SSSR count). The molecule has 0 bridgehead atoms. The third-order valence-electron chi connectivity index (χ3n) is 3.56. The van der Waals surface area contributed by atoms with Crippen molar-refractivity contribution in [3.8, 4) is 5.75 Å². The topological polar surface area (TPSA) is 64.6 Å². The molecule has 146 valence electrons. The van der Waals surface area contributed by atoms with Crippen molar-refractivity contribution in [1.29, 1.82) is 0 Å². The van der Waals surface area contributed by atoms with E-state index in [1.807, 2.05) is 44.2 Å². The maximum Gasteiger partial charge on any atom is 0.409 e. The Morgan fingerprint density at radius 1 is 1.11 bits per heavy atom. The van der Waals surface area contributed by atoms with Gasteiger partial charge in [0.1, 0.15) is 18.4 Å². The van der Waals surface area contributed by atoms with Crippen LogP contribution in [0.3, 0.4) is 0 Å². The second-order valence-electron chi connectivity index (χ2n) is 6.43. The van der Waals surface area contributed by atoms with Gasteiger partial charge < -0.3 is 9.26 Å².